The van der Waals surface area contributed by atoms with Gasteiger partial charge in [0.1, 0.15) is 5.75 Å². The third kappa shape index (κ3) is 4.55. The summed E-state index contributed by atoms with van der Waals surface area (Å²) in [6.07, 6.45) is 1.72. The van der Waals surface area contributed by atoms with Crippen LogP contribution in [0, 0.1) is 0 Å². The van der Waals surface area contributed by atoms with Crippen molar-refractivity contribution in [2.24, 2.45) is 0 Å². The molecular formula is C21H27N3O2. The molecule has 2 aromatic rings. The Hall–Kier alpha value is -2.53. The number of likely N-dealkylation sites (N-methyl/N-ethyl adjacent to an activating group) is 2. The molecule has 0 spiro atoms. The second-order valence-corrected chi connectivity index (χ2v) is 7.06. The van der Waals surface area contributed by atoms with Crippen molar-refractivity contribution in [2.75, 3.05) is 27.2 Å². The maximum absolute atomic E-state index is 12.6. The number of rotatable bonds is 5. The number of amides is 2. The maximum atomic E-state index is 12.6. The first kappa shape index (κ1) is 18.3. The predicted molar refractivity (Wildman–Crippen MR) is 103 cm³/mol. The molecule has 0 fully saturated rings. The fraction of sp³-hybridized carbons (Fsp3) is 0.381. The van der Waals surface area contributed by atoms with Crippen LogP contribution in [0.5, 0.6) is 5.75 Å². The summed E-state index contributed by atoms with van der Waals surface area (Å²) in [6.45, 7) is 2.09. The summed E-state index contributed by atoms with van der Waals surface area (Å²) in [7, 11) is 3.71. The van der Waals surface area contributed by atoms with Gasteiger partial charge >= 0.3 is 6.03 Å². The smallest absolute Gasteiger partial charge is 0.319 e. The molecule has 1 aliphatic heterocycles. The Balaban J connectivity index is 1.50. The molecule has 1 heterocycles. The van der Waals surface area contributed by atoms with Crippen LogP contribution in [0.2, 0.25) is 0 Å². The maximum Gasteiger partial charge on any atom is 0.319 e. The molecule has 0 bridgehead atoms. The van der Waals surface area contributed by atoms with Gasteiger partial charge in [0.25, 0.3) is 0 Å². The lowest BCUT2D eigenvalue weighted by molar-refractivity contribution is 0.168. The van der Waals surface area contributed by atoms with Crippen LogP contribution in [0.1, 0.15) is 16.7 Å². The molecule has 0 saturated heterocycles. The Morgan fingerprint density at radius 1 is 1.12 bits per heavy atom. The van der Waals surface area contributed by atoms with Crippen LogP contribution >= 0.6 is 0 Å². The van der Waals surface area contributed by atoms with Gasteiger partial charge in [0.2, 0.25) is 0 Å². The summed E-state index contributed by atoms with van der Waals surface area (Å²) in [4.78, 5) is 16.2. The summed E-state index contributed by atoms with van der Waals surface area (Å²) in [5.41, 5.74) is 3.61. The van der Waals surface area contributed by atoms with Crippen LogP contribution in [0.25, 0.3) is 0 Å². The van der Waals surface area contributed by atoms with Crippen LogP contribution in [0.15, 0.2) is 48.5 Å². The number of carbonyl (C=O) groups excluding carboxylic acids is 1. The number of benzene rings is 2. The third-order valence-corrected chi connectivity index (χ3v) is 4.96. The van der Waals surface area contributed by atoms with Crippen LogP contribution in [-0.4, -0.2) is 54.2 Å². The number of fused-ring (bicyclic) bond motifs is 1. The van der Waals surface area contributed by atoms with Gasteiger partial charge in [0, 0.05) is 39.8 Å². The second-order valence-electron chi connectivity index (χ2n) is 7.06. The van der Waals surface area contributed by atoms with E-state index in [1.165, 1.54) is 11.1 Å². The van der Waals surface area contributed by atoms with E-state index in [-0.39, 0.29) is 12.1 Å². The van der Waals surface area contributed by atoms with Crippen LogP contribution in [-0.2, 0) is 19.4 Å². The Morgan fingerprint density at radius 3 is 2.65 bits per heavy atom. The minimum absolute atomic E-state index is 0.0410. The van der Waals surface area contributed by atoms with E-state index in [4.69, 9.17) is 0 Å². The number of phenols is 1. The van der Waals surface area contributed by atoms with Crippen molar-refractivity contribution < 1.29 is 9.90 Å². The number of phenolic OH excluding ortho intramolecular Hbond substituents is 1. The number of carbonyl (C=O) groups is 1. The van der Waals surface area contributed by atoms with Gasteiger partial charge < -0.3 is 20.2 Å². The zero-order valence-electron chi connectivity index (χ0n) is 15.5. The molecule has 5 nitrogen and oxygen atoms in total. The number of hydrogen-bond donors (Lipinski definition) is 2. The Labute approximate surface area is 155 Å². The van der Waals surface area contributed by atoms with Gasteiger partial charge in [-0.1, -0.05) is 36.4 Å². The first-order valence-electron chi connectivity index (χ1n) is 9.07. The molecule has 1 aliphatic rings. The standard InChI is InChI=1S/C21H27N3O2/c1-23(11-10-16-6-4-3-5-7-16)21(26)24(2)15-19-12-17-8-9-20(25)13-18(17)14-22-19/h3-9,13,19,22,25H,10-12,14-15H2,1-2H3. The molecule has 0 saturated carbocycles. The molecule has 2 aromatic carbocycles. The van der Waals surface area contributed by atoms with E-state index in [2.05, 4.69) is 17.4 Å². The molecule has 2 N–H and O–H groups in total. The van der Waals surface area contributed by atoms with Crippen molar-refractivity contribution in [3.05, 3.63) is 65.2 Å². The monoisotopic (exact) mass is 353 g/mol. The highest BCUT2D eigenvalue weighted by molar-refractivity contribution is 5.73. The van der Waals surface area contributed by atoms with Gasteiger partial charge in [0.15, 0.2) is 0 Å². The fourth-order valence-corrected chi connectivity index (χ4v) is 3.43. The van der Waals surface area contributed by atoms with Crippen molar-refractivity contribution in [3.63, 3.8) is 0 Å². The number of urea groups is 1. The lowest BCUT2D eigenvalue weighted by Crippen LogP contribution is -2.48. The zero-order chi connectivity index (χ0) is 18.5. The van der Waals surface area contributed by atoms with Crippen LogP contribution in [0.3, 0.4) is 0 Å². The average Bonchev–Trinajstić information content (AvgIpc) is 2.66. The van der Waals surface area contributed by atoms with Crippen molar-refractivity contribution in [1.82, 2.24) is 15.1 Å². The molecule has 138 valence electrons. The Bertz CT molecular complexity index is 748. The zero-order valence-corrected chi connectivity index (χ0v) is 15.5. The van der Waals surface area contributed by atoms with E-state index in [0.29, 0.717) is 18.8 Å². The number of aromatic hydroxyl groups is 1. The molecule has 5 heteroatoms. The van der Waals surface area contributed by atoms with Gasteiger partial charge in [-0.15, -0.1) is 0 Å². The minimum atomic E-state index is 0.0410. The van der Waals surface area contributed by atoms with E-state index >= 15 is 0 Å². The summed E-state index contributed by atoms with van der Waals surface area (Å²) < 4.78 is 0. The number of nitrogens with zero attached hydrogens (tertiary/aromatic N) is 2. The molecule has 0 aromatic heterocycles. The largest absolute Gasteiger partial charge is 0.508 e. The Morgan fingerprint density at radius 2 is 1.88 bits per heavy atom. The molecule has 2 amide bonds. The van der Waals surface area contributed by atoms with Crippen molar-refractivity contribution >= 4 is 6.03 Å². The summed E-state index contributed by atoms with van der Waals surface area (Å²) in [5.74, 6) is 0.302. The molecular weight excluding hydrogens is 326 g/mol. The van der Waals surface area contributed by atoms with Crippen molar-refractivity contribution in [3.8, 4) is 5.75 Å². The highest BCUT2D eigenvalue weighted by Gasteiger charge is 2.22. The molecule has 1 atom stereocenters. The predicted octanol–water partition coefficient (Wildman–Crippen LogP) is 2.63. The van der Waals surface area contributed by atoms with Gasteiger partial charge in [0.05, 0.1) is 0 Å². The van der Waals surface area contributed by atoms with Gasteiger partial charge in [-0.2, -0.15) is 0 Å². The topological polar surface area (TPSA) is 55.8 Å². The Kier molecular flexibility index (Phi) is 5.78. The highest BCUT2D eigenvalue weighted by atomic mass is 16.3. The molecule has 3 rings (SSSR count). The average molecular weight is 353 g/mol. The molecule has 0 radical (unpaired) electrons. The van der Waals surface area contributed by atoms with Gasteiger partial charge in [-0.3, -0.25) is 0 Å². The summed E-state index contributed by atoms with van der Waals surface area (Å²) in [6, 6.07) is 16.0. The fourth-order valence-electron chi connectivity index (χ4n) is 3.43. The van der Waals surface area contributed by atoms with Crippen molar-refractivity contribution in [1.29, 1.82) is 0 Å². The van der Waals surface area contributed by atoms with E-state index in [1.807, 2.05) is 44.4 Å². The quantitative estimate of drug-likeness (QED) is 0.869. The number of hydrogen-bond acceptors (Lipinski definition) is 3. The minimum Gasteiger partial charge on any atom is -0.508 e. The van der Waals surface area contributed by atoms with Crippen LogP contribution < -0.4 is 5.32 Å². The van der Waals surface area contributed by atoms with Gasteiger partial charge in [-0.05, 0) is 41.7 Å². The third-order valence-electron chi connectivity index (χ3n) is 4.96. The first-order chi connectivity index (χ1) is 12.5. The second kappa shape index (κ2) is 8.23. The van der Waals surface area contributed by atoms with E-state index < -0.39 is 0 Å². The lowest BCUT2D eigenvalue weighted by Gasteiger charge is -2.32. The molecule has 1 unspecified atom stereocenters. The first-order valence-corrected chi connectivity index (χ1v) is 9.07. The lowest BCUT2D eigenvalue weighted by atomic mass is 9.95. The van der Waals surface area contributed by atoms with E-state index in [0.717, 1.165) is 24.9 Å². The van der Waals surface area contributed by atoms with E-state index in [9.17, 15) is 9.90 Å². The normalized spacial score (nSPS) is 16.0. The number of nitrogens with one attached hydrogen (secondary N) is 1. The molecule has 26 heavy (non-hydrogen) atoms. The van der Waals surface area contributed by atoms with Crippen LogP contribution in [0.4, 0.5) is 4.79 Å². The van der Waals surface area contributed by atoms with Gasteiger partial charge in [-0.25, -0.2) is 4.79 Å². The summed E-state index contributed by atoms with van der Waals surface area (Å²) >= 11 is 0. The molecule has 0 aliphatic carbocycles. The van der Waals surface area contributed by atoms with Crippen molar-refractivity contribution in [2.45, 2.75) is 25.4 Å². The highest BCUT2D eigenvalue weighted by Crippen LogP contribution is 2.21. The SMILES string of the molecule is CN(CCc1ccccc1)C(=O)N(C)CC1Cc2ccc(O)cc2CN1. The summed E-state index contributed by atoms with van der Waals surface area (Å²) in [5, 5.41) is 13.0. The van der Waals surface area contributed by atoms with E-state index in [1.54, 1.807) is 15.9 Å².